The summed E-state index contributed by atoms with van der Waals surface area (Å²) < 4.78 is 9.31. The van der Waals surface area contributed by atoms with Crippen LogP contribution in [0.15, 0.2) is 51.9 Å². The maximum Gasteiger partial charge on any atom is 0.252 e. The number of fused-ring (bicyclic) bond motifs is 1. The van der Waals surface area contributed by atoms with Gasteiger partial charge in [-0.05, 0) is 42.8 Å². The predicted octanol–water partition coefficient (Wildman–Crippen LogP) is 4.17. The summed E-state index contributed by atoms with van der Waals surface area (Å²) in [5.74, 6) is 3.22. The molecule has 132 valence electrons. The molecule has 0 saturated carbocycles. The van der Waals surface area contributed by atoms with Crippen molar-refractivity contribution in [2.45, 2.75) is 19.9 Å². The zero-order valence-corrected chi connectivity index (χ0v) is 16.6. The number of thiazole rings is 1. The molecule has 0 aliphatic heterocycles. The third-order valence-corrected chi connectivity index (χ3v) is 5.24. The van der Waals surface area contributed by atoms with Crippen molar-refractivity contribution in [3.8, 4) is 18.1 Å². The fourth-order valence-corrected chi connectivity index (χ4v) is 4.17. The number of carbonyl (C=O) groups excluding carboxylic acids is 1. The van der Waals surface area contributed by atoms with Crippen molar-refractivity contribution in [1.82, 2.24) is 4.57 Å². The van der Waals surface area contributed by atoms with Gasteiger partial charge < -0.3 is 9.30 Å². The molecule has 6 heteroatoms. The first kappa shape index (κ1) is 18.4. The molecule has 4 nitrogen and oxygen atoms in total. The van der Waals surface area contributed by atoms with Crippen molar-refractivity contribution in [3.63, 3.8) is 0 Å². The van der Waals surface area contributed by atoms with Crippen LogP contribution in [0.2, 0.25) is 0 Å². The van der Waals surface area contributed by atoms with Crippen LogP contribution in [0.5, 0.6) is 5.75 Å². The predicted molar refractivity (Wildman–Crippen MR) is 108 cm³/mol. The van der Waals surface area contributed by atoms with Gasteiger partial charge in [0.15, 0.2) is 4.80 Å². The van der Waals surface area contributed by atoms with E-state index >= 15 is 0 Å². The standard InChI is InChI=1S/C20H17BrN2O2S/c1-3-11-23-17-10-7-15(21)13-18(17)26-20(23)22-19(24)12-14-5-8-16(9-6-14)25-4-2/h1,5-10,13H,4,11-12H2,2H3. The summed E-state index contributed by atoms with van der Waals surface area (Å²) in [5, 5.41) is 0. The minimum atomic E-state index is -0.203. The zero-order chi connectivity index (χ0) is 18.5. The Kier molecular flexibility index (Phi) is 5.92. The van der Waals surface area contributed by atoms with E-state index in [4.69, 9.17) is 11.2 Å². The van der Waals surface area contributed by atoms with Crippen LogP contribution >= 0.6 is 27.3 Å². The van der Waals surface area contributed by atoms with E-state index in [1.807, 2.05) is 54.0 Å². The molecule has 0 radical (unpaired) electrons. The minimum absolute atomic E-state index is 0.203. The first-order valence-electron chi connectivity index (χ1n) is 8.12. The van der Waals surface area contributed by atoms with Crippen LogP contribution in [-0.2, 0) is 17.8 Å². The van der Waals surface area contributed by atoms with Gasteiger partial charge in [0.2, 0.25) is 0 Å². The third kappa shape index (κ3) is 4.24. The van der Waals surface area contributed by atoms with E-state index < -0.39 is 0 Å². The maximum atomic E-state index is 12.4. The highest BCUT2D eigenvalue weighted by Crippen LogP contribution is 2.22. The van der Waals surface area contributed by atoms with Crippen LogP contribution in [0.1, 0.15) is 12.5 Å². The number of hydrogen-bond acceptors (Lipinski definition) is 3. The van der Waals surface area contributed by atoms with Crippen LogP contribution in [-0.4, -0.2) is 17.1 Å². The molecule has 0 spiro atoms. The highest BCUT2D eigenvalue weighted by Gasteiger charge is 2.08. The molecule has 0 saturated heterocycles. The second-order valence-electron chi connectivity index (χ2n) is 5.55. The van der Waals surface area contributed by atoms with Crippen LogP contribution < -0.4 is 9.54 Å². The summed E-state index contributed by atoms with van der Waals surface area (Å²) in [5.41, 5.74) is 1.87. The van der Waals surface area contributed by atoms with E-state index in [1.54, 1.807) is 0 Å². The number of benzene rings is 2. The Morgan fingerprint density at radius 3 is 2.77 bits per heavy atom. The molecular formula is C20H17BrN2O2S. The summed E-state index contributed by atoms with van der Waals surface area (Å²) in [6.07, 6.45) is 5.73. The molecule has 3 aromatic rings. The van der Waals surface area contributed by atoms with Crippen molar-refractivity contribution in [3.05, 3.63) is 57.3 Å². The number of amides is 1. The lowest BCUT2D eigenvalue weighted by atomic mass is 10.1. The monoisotopic (exact) mass is 428 g/mol. The Labute approximate surface area is 164 Å². The minimum Gasteiger partial charge on any atom is -0.494 e. The molecule has 0 N–H and O–H groups in total. The molecule has 1 heterocycles. The van der Waals surface area contributed by atoms with E-state index in [2.05, 4.69) is 26.8 Å². The summed E-state index contributed by atoms with van der Waals surface area (Å²) in [6, 6.07) is 13.4. The molecule has 3 rings (SSSR count). The second kappa shape index (κ2) is 8.35. The first-order chi connectivity index (χ1) is 12.6. The van der Waals surface area contributed by atoms with Crippen molar-refractivity contribution >= 4 is 43.4 Å². The van der Waals surface area contributed by atoms with Gasteiger partial charge in [0.05, 0.1) is 29.8 Å². The Balaban J connectivity index is 1.89. The fraction of sp³-hybridized carbons (Fsp3) is 0.200. The van der Waals surface area contributed by atoms with Crippen molar-refractivity contribution < 1.29 is 9.53 Å². The Bertz CT molecular complexity index is 1040. The van der Waals surface area contributed by atoms with Crippen LogP contribution in [0.4, 0.5) is 0 Å². The molecule has 0 aliphatic rings. The number of carbonyl (C=O) groups is 1. The lowest BCUT2D eigenvalue weighted by Crippen LogP contribution is -2.17. The van der Waals surface area contributed by atoms with Gasteiger partial charge in [0.1, 0.15) is 5.75 Å². The first-order valence-corrected chi connectivity index (χ1v) is 9.73. The Morgan fingerprint density at radius 2 is 2.08 bits per heavy atom. The van der Waals surface area contributed by atoms with Gasteiger partial charge in [0, 0.05) is 4.47 Å². The summed E-state index contributed by atoms with van der Waals surface area (Å²) in [6.45, 7) is 2.92. The van der Waals surface area contributed by atoms with Crippen molar-refractivity contribution in [1.29, 1.82) is 0 Å². The highest BCUT2D eigenvalue weighted by atomic mass is 79.9. The molecule has 0 fully saturated rings. The van der Waals surface area contributed by atoms with Gasteiger partial charge in [-0.2, -0.15) is 4.99 Å². The second-order valence-corrected chi connectivity index (χ2v) is 7.47. The van der Waals surface area contributed by atoms with Crippen molar-refractivity contribution in [2.75, 3.05) is 6.61 Å². The number of nitrogens with zero attached hydrogens (tertiary/aromatic N) is 2. The molecular weight excluding hydrogens is 412 g/mol. The SMILES string of the molecule is C#CCn1c(=NC(=O)Cc2ccc(OCC)cc2)sc2cc(Br)ccc21. The smallest absolute Gasteiger partial charge is 0.252 e. The van der Waals surface area contributed by atoms with Crippen molar-refractivity contribution in [2.24, 2.45) is 4.99 Å². The van der Waals surface area contributed by atoms with Gasteiger partial charge in [0.25, 0.3) is 5.91 Å². The Hall–Kier alpha value is -2.36. The van der Waals surface area contributed by atoms with E-state index in [9.17, 15) is 4.79 Å². The number of halogens is 1. The number of aromatic nitrogens is 1. The summed E-state index contributed by atoms with van der Waals surface area (Å²) in [7, 11) is 0. The lowest BCUT2D eigenvalue weighted by molar-refractivity contribution is -0.117. The average Bonchev–Trinajstić information content (AvgIpc) is 2.93. The molecule has 0 aliphatic carbocycles. The third-order valence-electron chi connectivity index (χ3n) is 3.70. The van der Waals surface area contributed by atoms with E-state index in [0.29, 0.717) is 18.0 Å². The van der Waals surface area contributed by atoms with Gasteiger partial charge in [-0.3, -0.25) is 4.79 Å². The lowest BCUT2D eigenvalue weighted by Gasteiger charge is -2.03. The van der Waals surface area contributed by atoms with Crippen LogP contribution in [0.25, 0.3) is 10.2 Å². The average molecular weight is 429 g/mol. The van der Waals surface area contributed by atoms with Gasteiger partial charge >= 0.3 is 0 Å². The van der Waals surface area contributed by atoms with E-state index in [0.717, 1.165) is 26.0 Å². The molecule has 2 aromatic carbocycles. The maximum absolute atomic E-state index is 12.4. The number of ether oxygens (including phenoxy) is 1. The summed E-state index contributed by atoms with van der Waals surface area (Å²) >= 11 is 4.92. The quantitative estimate of drug-likeness (QED) is 0.572. The number of hydrogen-bond donors (Lipinski definition) is 0. The molecule has 1 aromatic heterocycles. The summed E-state index contributed by atoms with van der Waals surface area (Å²) in [4.78, 5) is 17.3. The normalized spacial score (nSPS) is 11.5. The largest absolute Gasteiger partial charge is 0.494 e. The molecule has 0 atom stereocenters. The van der Waals surface area contributed by atoms with Crippen LogP contribution in [0.3, 0.4) is 0 Å². The van der Waals surface area contributed by atoms with Crippen LogP contribution in [0, 0.1) is 12.3 Å². The highest BCUT2D eigenvalue weighted by molar-refractivity contribution is 9.10. The number of terminal acetylenes is 1. The zero-order valence-electron chi connectivity index (χ0n) is 14.2. The molecule has 0 unspecified atom stereocenters. The molecule has 0 bridgehead atoms. The topological polar surface area (TPSA) is 43.6 Å². The number of rotatable bonds is 5. The van der Waals surface area contributed by atoms with Gasteiger partial charge in [-0.1, -0.05) is 45.3 Å². The molecule has 26 heavy (non-hydrogen) atoms. The van der Waals surface area contributed by atoms with Gasteiger partial charge in [-0.15, -0.1) is 6.42 Å². The van der Waals surface area contributed by atoms with E-state index in [1.165, 1.54) is 11.3 Å². The van der Waals surface area contributed by atoms with Gasteiger partial charge in [-0.25, -0.2) is 0 Å². The fourth-order valence-electron chi connectivity index (χ4n) is 2.57. The van der Waals surface area contributed by atoms with E-state index in [-0.39, 0.29) is 12.3 Å². The Morgan fingerprint density at radius 1 is 1.31 bits per heavy atom. The molecule has 1 amide bonds.